The van der Waals surface area contributed by atoms with Crippen molar-refractivity contribution in [3.05, 3.63) is 65.5 Å². The number of aliphatic imine (C=N–C) groups is 1. The van der Waals surface area contributed by atoms with Gasteiger partial charge in [0.05, 0.1) is 43.7 Å². The van der Waals surface area contributed by atoms with Crippen molar-refractivity contribution < 1.29 is 19.0 Å². The number of esters is 1. The van der Waals surface area contributed by atoms with E-state index in [9.17, 15) is 4.79 Å². The highest BCUT2D eigenvalue weighted by atomic mass is 16.5. The van der Waals surface area contributed by atoms with Crippen LogP contribution in [0.5, 0.6) is 0 Å². The van der Waals surface area contributed by atoms with Gasteiger partial charge in [-0.15, -0.1) is 5.10 Å². The summed E-state index contributed by atoms with van der Waals surface area (Å²) in [7, 11) is 1.57. The van der Waals surface area contributed by atoms with Gasteiger partial charge in [0.15, 0.2) is 0 Å². The SMILES string of the molecule is C=C(CC)N=C(OC)c1c(C(=O)OCC)c2c(-c3ccccc3)cc(N3CCOCC3)nn2c1CCC.CC.CCC. The minimum Gasteiger partial charge on any atom is -0.480 e. The first-order valence-electron chi connectivity index (χ1n) is 15.4. The fourth-order valence-corrected chi connectivity index (χ4v) is 4.61. The molecule has 0 saturated carbocycles. The van der Waals surface area contributed by atoms with Crippen LogP contribution in [-0.4, -0.2) is 61.5 Å². The molecule has 0 bridgehead atoms. The second-order valence-electron chi connectivity index (χ2n) is 9.56. The zero-order chi connectivity index (χ0) is 31.1. The lowest BCUT2D eigenvalue weighted by Gasteiger charge is -2.28. The quantitative estimate of drug-likeness (QED) is 0.147. The fourth-order valence-electron chi connectivity index (χ4n) is 4.61. The van der Waals surface area contributed by atoms with Crippen molar-refractivity contribution in [2.24, 2.45) is 4.99 Å². The van der Waals surface area contributed by atoms with Gasteiger partial charge in [0.2, 0.25) is 5.90 Å². The van der Waals surface area contributed by atoms with Crippen LogP contribution in [0.1, 0.15) is 89.3 Å². The number of aromatic nitrogens is 2. The number of aryl methyl sites for hydroxylation is 1. The summed E-state index contributed by atoms with van der Waals surface area (Å²) in [6, 6.07) is 12.1. The molecule has 3 aromatic rings. The van der Waals surface area contributed by atoms with Crippen LogP contribution in [0.15, 0.2) is 53.7 Å². The van der Waals surface area contributed by atoms with Gasteiger partial charge in [0.1, 0.15) is 11.4 Å². The average Bonchev–Trinajstić information content (AvgIpc) is 3.35. The number of fused-ring (bicyclic) bond motifs is 1. The Labute approximate surface area is 252 Å². The Balaban J connectivity index is 0.00000116. The summed E-state index contributed by atoms with van der Waals surface area (Å²) >= 11 is 0. The van der Waals surface area contributed by atoms with E-state index in [1.165, 1.54) is 6.42 Å². The van der Waals surface area contributed by atoms with Crippen molar-refractivity contribution in [2.45, 2.75) is 74.1 Å². The molecule has 0 atom stereocenters. The van der Waals surface area contributed by atoms with Gasteiger partial charge in [-0.05, 0) is 31.4 Å². The van der Waals surface area contributed by atoms with E-state index in [-0.39, 0.29) is 6.61 Å². The molecule has 3 heterocycles. The molecule has 1 saturated heterocycles. The number of allylic oxidation sites excluding steroid dienone is 1. The van der Waals surface area contributed by atoms with Crippen molar-refractivity contribution in [1.82, 2.24) is 9.61 Å². The number of benzene rings is 1. The van der Waals surface area contributed by atoms with Gasteiger partial charge in [0.25, 0.3) is 0 Å². The molecule has 1 aliphatic rings. The number of hydrogen-bond donors (Lipinski definition) is 0. The number of carbonyl (C=O) groups is 1. The smallest absolute Gasteiger partial charge is 0.341 e. The molecule has 0 amide bonds. The van der Waals surface area contributed by atoms with E-state index >= 15 is 0 Å². The Morgan fingerprint density at radius 3 is 2.24 bits per heavy atom. The number of anilines is 1. The van der Waals surface area contributed by atoms with Gasteiger partial charge in [0, 0.05) is 24.4 Å². The third kappa shape index (κ3) is 8.22. The maximum absolute atomic E-state index is 13.6. The van der Waals surface area contributed by atoms with Crippen LogP contribution in [0.3, 0.4) is 0 Å². The van der Waals surface area contributed by atoms with Crippen molar-refractivity contribution in [3.63, 3.8) is 0 Å². The minimum absolute atomic E-state index is 0.250. The van der Waals surface area contributed by atoms with Crippen molar-refractivity contribution in [1.29, 1.82) is 0 Å². The van der Waals surface area contributed by atoms with E-state index in [2.05, 4.69) is 43.3 Å². The highest BCUT2D eigenvalue weighted by Gasteiger charge is 2.32. The van der Waals surface area contributed by atoms with E-state index in [1.807, 2.05) is 55.6 Å². The minimum atomic E-state index is -0.428. The summed E-state index contributed by atoms with van der Waals surface area (Å²) in [5.74, 6) is 0.746. The summed E-state index contributed by atoms with van der Waals surface area (Å²) in [5, 5.41) is 5.09. The lowest BCUT2D eigenvalue weighted by molar-refractivity contribution is 0.0528. The number of morpholine rings is 1. The van der Waals surface area contributed by atoms with Crippen LogP contribution >= 0.6 is 0 Å². The molecule has 8 heteroatoms. The Morgan fingerprint density at radius 1 is 1.05 bits per heavy atom. The summed E-state index contributed by atoms with van der Waals surface area (Å²) in [6.07, 6.45) is 3.43. The second kappa shape index (κ2) is 18.0. The van der Waals surface area contributed by atoms with E-state index < -0.39 is 5.97 Å². The van der Waals surface area contributed by atoms with Gasteiger partial charge in [-0.1, -0.05) is 91.3 Å². The highest BCUT2D eigenvalue weighted by Crippen LogP contribution is 2.36. The Kier molecular flexibility index (Phi) is 14.8. The zero-order valence-electron chi connectivity index (χ0n) is 27.0. The number of nitrogens with zero attached hydrogens (tertiary/aromatic N) is 4. The first kappa shape index (κ1) is 34.6. The molecular formula is C34H50N4O4. The predicted molar refractivity (Wildman–Crippen MR) is 174 cm³/mol. The molecule has 4 rings (SSSR count). The largest absolute Gasteiger partial charge is 0.480 e. The zero-order valence-corrected chi connectivity index (χ0v) is 27.0. The van der Waals surface area contributed by atoms with Crippen molar-refractivity contribution in [3.8, 4) is 11.1 Å². The third-order valence-corrected chi connectivity index (χ3v) is 6.44. The lowest BCUT2D eigenvalue weighted by atomic mass is 10.0. The number of carbonyl (C=O) groups excluding carboxylic acids is 1. The van der Waals surface area contributed by atoms with Crippen LogP contribution < -0.4 is 4.90 Å². The Hall–Kier alpha value is -3.65. The number of ether oxygens (including phenoxy) is 3. The number of hydrogen-bond acceptors (Lipinski definition) is 7. The first-order valence-corrected chi connectivity index (χ1v) is 15.4. The maximum atomic E-state index is 13.6. The summed E-state index contributed by atoms with van der Waals surface area (Å²) in [6.45, 7) is 21.2. The molecular weight excluding hydrogens is 528 g/mol. The molecule has 2 aromatic heterocycles. The highest BCUT2D eigenvalue weighted by molar-refractivity contribution is 6.13. The average molecular weight is 579 g/mol. The lowest BCUT2D eigenvalue weighted by Crippen LogP contribution is -2.37. The molecule has 1 aromatic carbocycles. The van der Waals surface area contributed by atoms with Crippen LogP contribution in [-0.2, 0) is 20.6 Å². The monoisotopic (exact) mass is 578 g/mol. The van der Waals surface area contributed by atoms with Gasteiger partial charge < -0.3 is 19.1 Å². The molecule has 0 aliphatic carbocycles. The van der Waals surface area contributed by atoms with Crippen LogP contribution in [0, 0.1) is 0 Å². The van der Waals surface area contributed by atoms with Crippen molar-refractivity contribution >= 4 is 23.2 Å². The van der Waals surface area contributed by atoms with E-state index in [0.717, 1.165) is 42.1 Å². The van der Waals surface area contributed by atoms with E-state index in [1.54, 1.807) is 14.0 Å². The molecule has 0 unspecified atom stereocenters. The maximum Gasteiger partial charge on any atom is 0.341 e. The van der Waals surface area contributed by atoms with Gasteiger partial charge >= 0.3 is 5.97 Å². The number of methoxy groups -OCH3 is 1. The first-order chi connectivity index (χ1) is 20.4. The molecule has 0 radical (unpaired) electrons. The van der Waals surface area contributed by atoms with E-state index in [0.29, 0.717) is 54.3 Å². The molecule has 230 valence electrons. The topological polar surface area (TPSA) is 77.7 Å². The molecule has 1 aliphatic heterocycles. The molecule has 0 N–H and O–H groups in total. The fraction of sp³-hybridized carbons (Fsp3) is 0.500. The number of rotatable bonds is 9. The Morgan fingerprint density at radius 2 is 1.69 bits per heavy atom. The van der Waals surface area contributed by atoms with Crippen molar-refractivity contribution in [2.75, 3.05) is 44.9 Å². The molecule has 42 heavy (non-hydrogen) atoms. The van der Waals surface area contributed by atoms with Gasteiger partial charge in [-0.25, -0.2) is 14.3 Å². The predicted octanol–water partition coefficient (Wildman–Crippen LogP) is 7.73. The molecule has 0 spiro atoms. The normalized spacial score (nSPS) is 13.0. The Bertz CT molecular complexity index is 1310. The summed E-state index contributed by atoms with van der Waals surface area (Å²) < 4.78 is 18.9. The van der Waals surface area contributed by atoms with Crippen LogP contribution in [0.25, 0.3) is 16.6 Å². The van der Waals surface area contributed by atoms with E-state index in [4.69, 9.17) is 19.3 Å². The van der Waals surface area contributed by atoms with Crippen LogP contribution in [0.4, 0.5) is 5.82 Å². The standard InChI is InChI=1S/C29H36N4O4.C3H8.C2H6/c1-6-12-23-25(28(35-5)30-20(4)7-2)26(29(34)37-8-3)27-22(21-13-10-9-11-14-21)19-24(31-33(23)27)32-15-17-36-18-16-32;1-3-2;1-2/h9-11,13-14,19H,4,6-8,12,15-18H2,1-3,5H3;3H2,1-2H3;1-2H3. The molecule has 1 fully saturated rings. The van der Waals surface area contributed by atoms with Gasteiger partial charge in [-0.3, -0.25) is 0 Å². The second-order valence-corrected chi connectivity index (χ2v) is 9.56. The summed E-state index contributed by atoms with van der Waals surface area (Å²) in [4.78, 5) is 20.5. The molecule has 8 nitrogen and oxygen atoms in total. The summed E-state index contributed by atoms with van der Waals surface area (Å²) in [5.41, 5.74) is 5.11. The van der Waals surface area contributed by atoms with Gasteiger partial charge in [-0.2, -0.15) is 0 Å². The third-order valence-electron chi connectivity index (χ3n) is 6.44. The van der Waals surface area contributed by atoms with Crippen LogP contribution in [0.2, 0.25) is 0 Å².